The van der Waals surface area contributed by atoms with Gasteiger partial charge in [-0.1, -0.05) is 55.5 Å². The van der Waals surface area contributed by atoms with Crippen molar-refractivity contribution in [2.24, 2.45) is 5.92 Å². The van der Waals surface area contributed by atoms with Gasteiger partial charge in [-0.25, -0.2) is 0 Å². The van der Waals surface area contributed by atoms with Crippen molar-refractivity contribution < 1.29 is 5.11 Å². The average Bonchev–Trinajstić information content (AvgIpc) is 2.46. The van der Waals surface area contributed by atoms with Crippen molar-refractivity contribution in [3.05, 3.63) is 72.8 Å². The molecule has 0 saturated carbocycles. The number of hydrogen-bond donors (Lipinski definition) is 2. The summed E-state index contributed by atoms with van der Waals surface area (Å²) in [7, 11) is 0. The maximum absolute atomic E-state index is 9.87. The summed E-state index contributed by atoms with van der Waals surface area (Å²) in [6, 6.07) is 17.6. The second-order valence-corrected chi connectivity index (χ2v) is 4.64. The molecule has 2 heteroatoms. The molecule has 19 heavy (non-hydrogen) atoms. The number of aromatic hydroxyl groups is 1. The lowest BCUT2D eigenvalue weighted by Gasteiger charge is -2.25. The highest BCUT2D eigenvalue weighted by Gasteiger charge is 2.17. The summed E-state index contributed by atoms with van der Waals surface area (Å²) < 4.78 is 0. The average molecular weight is 253 g/mol. The highest BCUT2D eigenvalue weighted by atomic mass is 16.3. The van der Waals surface area contributed by atoms with Crippen LogP contribution in [-0.2, 0) is 0 Å². The van der Waals surface area contributed by atoms with E-state index in [2.05, 4.69) is 31.0 Å². The standard InChI is InChI=1S/C17H19NO/c1-3-13(2)17(14-9-5-4-6-10-14)18-15-11-7-8-12-16(15)19/h3-13,17-19H,1H2,2H3/t13-,17-/m1/s1. The fourth-order valence-corrected chi connectivity index (χ4v) is 2.08. The molecule has 0 heterocycles. The minimum Gasteiger partial charge on any atom is -0.506 e. The number of nitrogens with one attached hydrogen (secondary N) is 1. The Hall–Kier alpha value is -2.22. The van der Waals surface area contributed by atoms with Crippen molar-refractivity contribution in [1.29, 1.82) is 0 Å². The predicted molar refractivity (Wildman–Crippen MR) is 80.3 cm³/mol. The Morgan fingerprint density at radius 3 is 2.32 bits per heavy atom. The Balaban J connectivity index is 2.30. The molecular formula is C17H19NO. The monoisotopic (exact) mass is 253 g/mol. The lowest BCUT2D eigenvalue weighted by Crippen LogP contribution is -2.17. The van der Waals surface area contributed by atoms with Crippen molar-refractivity contribution in [3.8, 4) is 5.75 Å². The summed E-state index contributed by atoms with van der Waals surface area (Å²) in [6.07, 6.45) is 1.92. The summed E-state index contributed by atoms with van der Waals surface area (Å²) in [5.74, 6) is 0.515. The molecule has 2 N–H and O–H groups in total. The van der Waals surface area contributed by atoms with Crippen molar-refractivity contribution in [2.75, 3.05) is 5.32 Å². The van der Waals surface area contributed by atoms with Crippen LogP contribution in [0.3, 0.4) is 0 Å². The third-order valence-corrected chi connectivity index (χ3v) is 3.27. The highest BCUT2D eigenvalue weighted by molar-refractivity contribution is 5.56. The Bertz CT molecular complexity index is 536. The van der Waals surface area contributed by atoms with Gasteiger partial charge in [-0.3, -0.25) is 0 Å². The van der Waals surface area contributed by atoms with Gasteiger partial charge in [0, 0.05) is 0 Å². The zero-order chi connectivity index (χ0) is 13.7. The summed E-state index contributed by atoms with van der Waals surface area (Å²) in [6.45, 7) is 5.98. The fraction of sp³-hybridized carbons (Fsp3) is 0.176. The predicted octanol–water partition coefficient (Wildman–Crippen LogP) is 4.37. The number of hydrogen-bond acceptors (Lipinski definition) is 2. The third-order valence-electron chi connectivity index (χ3n) is 3.27. The number of rotatable bonds is 5. The van der Waals surface area contributed by atoms with Crippen molar-refractivity contribution in [1.82, 2.24) is 0 Å². The van der Waals surface area contributed by atoms with E-state index in [1.165, 1.54) is 5.56 Å². The van der Waals surface area contributed by atoms with Gasteiger partial charge in [0.2, 0.25) is 0 Å². The first kappa shape index (κ1) is 13.2. The first-order valence-electron chi connectivity index (χ1n) is 6.44. The zero-order valence-electron chi connectivity index (χ0n) is 11.1. The molecule has 2 aromatic rings. The Morgan fingerprint density at radius 2 is 1.68 bits per heavy atom. The first-order valence-corrected chi connectivity index (χ1v) is 6.44. The number of phenols is 1. The summed E-state index contributed by atoms with van der Waals surface area (Å²) in [4.78, 5) is 0. The van der Waals surface area contributed by atoms with Gasteiger partial charge in [0.15, 0.2) is 0 Å². The minimum atomic E-state index is 0.0898. The first-order chi connectivity index (χ1) is 9.22. The fourth-order valence-electron chi connectivity index (χ4n) is 2.08. The third kappa shape index (κ3) is 3.16. The van der Waals surface area contributed by atoms with Gasteiger partial charge in [0.1, 0.15) is 5.75 Å². The van der Waals surface area contributed by atoms with Gasteiger partial charge >= 0.3 is 0 Å². The largest absolute Gasteiger partial charge is 0.506 e. The molecule has 98 valence electrons. The topological polar surface area (TPSA) is 32.3 Å². The molecule has 2 nitrogen and oxygen atoms in total. The molecule has 2 atom stereocenters. The smallest absolute Gasteiger partial charge is 0.138 e. The Kier molecular flexibility index (Phi) is 4.24. The van der Waals surface area contributed by atoms with Crippen LogP contribution in [0.2, 0.25) is 0 Å². The van der Waals surface area contributed by atoms with Gasteiger partial charge in [-0.2, -0.15) is 0 Å². The lowest BCUT2D eigenvalue weighted by atomic mass is 9.94. The minimum absolute atomic E-state index is 0.0898. The second-order valence-electron chi connectivity index (χ2n) is 4.64. The van der Waals surface area contributed by atoms with Crippen LogP contribution in [0.1, 0.15) is 18.5 Å². The number of phenolic OH excluding ortho intramolecular Hbond substituents is 1. The van der Waals surface area contributed by atoms with E-state index in [0.717, 1.165) is 5.69 Å². The van der Waals surface area contributed by atoms with E-state index in [-0.39, 0.29) is 17.7 Å². The molecule has 2 aromatic carbocycles. The number of benzene rings is 2. The van der Waals surface area contributed by atoms with Crippen molar-refractivity contribution >= 4 is 5.69 Å². The van der Waals surface area contributed by atoms with Gasteiger partial charge < -0.3 is 10.4 Å². The van der Waals surface area contributed by atoms with Gasteiger partial charge in [-0.15, -0.1) is 6.58 Å². The Morgan fingerprint density at radius 1 is 1.05 bits per heavy atom. The lowest BCUT2D eigenvalue weighted by molar-refractivity contribution is 0.475. The molecule has 2 rings (SSSR count). The highest BCUT2D eigenvalue weighted by Crippen LogP contribution is 2.31. The molecule has 0 saturated heterocycles. The van der Waals surface area contributed by atoms with E-state index in [0.29, 0.717) is 0 Å². The van der Waals surface area contributed by atoms with E-state index < -0.39 is 0 Å². The summed E-state index contributed by atoms with van der Waals surface area (Å²) >= 11 is 0. The van der Waals surface area contributed by atoms with Crippen LogP contribution in [0.15, 0.2) is 67.3 Å². The molecule has 0 fully saturated rings. The van der Waals surface area contributed by atoms with Crippen LogP contribution in [0, 0.1) is 5.92 Å². The Labute approximate surface area is 114 Å². The van der Waals surface area contributed by atoms with E-state index in [1.807, 2.05) is 42.5 Å². The van der Waals surface area contributed by atoms with Gasteiger partial charge in [0.05, 0.1) is 11.7 Å². The van der Waals surface area contributed by atoms with Crippen LogP contribution in [0.4, 0.5) is 5.69 Å². The second kappa shape index (κ2) is 6.10. The maximum atomic E-state index is 9.87. The molecule has 0 aliphatic carbocycles. The molecule has 0 amide bonds. The number of para-hydroxylation sites is 2. The summed E-state index contributed by atoms with van der Waals surface area (Å²) in [5.41, 5.74) is 1.92. The van der Waals surface area contributed by atoms with Crippen LogP contribution in [0.25, 0.3) is 0 Å². The van der Waals surface area contributed by atoms with Crippen LogP contribution in [0.5, 0.6) is 5.75 Å². The van der Waals surface area contributed by atoms with E-state index in [1.54, 1.807) is 6.07 Å². The summed E-state index contributed by atoms with van der Waals surface area (Å²) in [5, 5.41) is 13.3. The quantitative estimate of drug-likeness (QED) is 0.612. The molecule has 0 aliphatic heterocycles. The maximum Gasteiger partial charge on any atom is 0.138 e. The van der Waals surface area contributed by atoms with E-state index in [4.69, 9.17) is 0 Å². The molecule has 0 aromatic heterocycles. The van der Waals surface area contributed by atoms with Crippen molar-refractivity contribution in [2.45, 2.75) is 13.0 Å². The van der Waals surface area contributed by atoms with E-state index >= 15 is 0 Å². The normalized spacial score (nSPS) is 13.5. The molecule has 0 spiro atoms. The molecule has 0 radical (unpaired) electrons. The molecule has 0 aliphatic rings. The van der Waals surface area contributed by atoms with Gasteiger partial charge in [0.25, 0.3) is 0 Å². The SMILES string of the molecule is C=C[C@@H](C)[C@@H](Nc1ccccc1O)c1ccccc1. The van der Waals surface area contributed by atoms with Crippen molar-refractivity contribution in [3.63, 3.8) is 0 Å². The van der Waals surface area contributed by atoms with Crippen LogP contribution in [-0.4, -0.2) is 5.11 Å². The van der Waals surface area contributed by atoms with Crippen LogP contribution >= 0.6 is 0 Å². The number of anilines is 1. The molecule has 0 unspecified atom stereocenters. The van der Waals surface area contributed by atoms with Gasteiger partial charge in [-0.05, 0) is 23.6 Å². The zero-order valence-corrected chi connectivity index (χ0v) is 11.1. The van der Waals surface area contributed by atoms with E-state index in [9.17, 15) is 5.11 Å². The van der Waals surface area contributed by atoms with Crippen LogP contribution < -0.4 is 5.32 Å². The molecular weight excluding hydrogens is 234 g/mol. The molecule has 0 bridgehead atoms.